The van der Waals surface area contributed by atoms with Crippen molar-refractivity contribution in [1.29, 1.82) is 5.26 Å². The van der Waals surface area contributed by atoms with Crippen LogP contribution in [0.3, 0.4) is 0 Å². The number of nitrogens with zero attached hydrogens (tertiary/aromatic N) is 4. The zero-order valence-electron chi connectivity index (χ0n) is 11.6. The van der Waals surface area contributed by atoms with Crippen molar-refractivity contribution >= 4 is 11.6 Å². The molecule has 6 nitrogen and oxygen atoms in total. The SMILES string of the molecule is N#Cc1c(N2CCCC2)nn(C2CCCCC2O)c1N. The molecule has 1 saturated heterocycles. The van der Waals surface area contributed by atoms with E-state index in [1.54, 1.807) is 4.68 Å². The number of hydrogen-bond donors (Lipinski definition) is 2. The van der Waals surface area contributed by atoms with Crippen LogP contribution in [0.25, 0.3) is 0 Å². The van der Waals surface area contributed by atoms with Gasteiger partial charge in [0.2, 0.25) is 0 Å². The maximum Gasteiger partial charge on any atom is 0.170 e. The molecule has 2 unspecified atom stereocenters. The fourth-order valence-electron chi connectivity index (χ4n) is 3.32. The topological polar surface area (TPSA) is 91.1 Å². The summed E-state index contributed by atoms with van der Waals surface area (Å²) in [7, 11) is 0. The Bertz CT molecular complexity index is 526. The van der Waals surface area contributed by atoms with Gasteiger partial charge < -0.3 is 15.7 Å². The Kier molecular flexibility index (Phi) is 3.53. The van der Waals surface area contributed by atoms with Crippen molar-refractivity contribution < 1.29 is 5.11 Å². The smallest absolute Gasteiger partial charge is 0.170 e. The van der Waals surface area contributed by atoms with Crippen LogP contribution in [0.15, 0.2) is 0 Å². The molecule has 2 fully saturated rings. The van der Waals surface area contributed by atoms with Crippen LogP contribution >= 0.6 is 0 Å². The van der Waals surface area contributed by atoms with Gasteiger partial charge in [0.05, 0.1) is 12.1 Å². The Morgan fingerprint density at radius 1 is 1.20 bits per heavy atom. The number of aromatic nitrogens is 2. The van der Waals surface area contributed by atoms with Crippen LogP contribution in [0.4, 0.5) is 11.6 Å². The summed E-state index contributed by atoms with van der Waals surface area (Å²) in [5.41, 5.74) is 6.58. The second-order valence-corrected chi connectivity index (χ2v) is 5.75. The Morgan fingerprint density at radius 3 is 2.55 bits per heavy atom. The molecule has 2 aliphatic rings. The van der Waals surface area contributed by atoms with Crippen molar-refractivity contribution in [3.05, 3.63) is 5.56 Å². The summed E-state index contributed by atoms with van der Waals surface area (Å²) >= 11 is 0. The minimum atomic E-state index is -0.413. The van der Waals surface area contributed by atoms with Gasteiger partial charge in [0, 0.05) is 13.1 Å². The van der Waals surface area contributed by atoms with Crippen LogP contribution in [0, 0.1) is 11.3 Å². The minimum Gasteiger partial charge on any atom is -0.391 e. The Labute approximate surface area is 118 Å². The van der Waals surface area contributed by atoms with Crippen LogP contribution < -0.4 is 10.6 Å². The quantitative estimate of drug-likeness (QED) is 0.851. The third-order valence-electron chi connectivity index (χ3n) is 4.45. The Hall–Kier alpha value is -1.74. The first-order valence-electron chi connectivity index (χ1n) is 7.43. The van der Waals surface area contributed by atoms with Crippen molar-refractivity contribution in [3.8, 4) is 6.07 Å². The van der Waals surface area contributed by atoms with Crippen LogP contribution in [0.5, 0.6) is 0 Å². The average Bonchev–Trinajstić information content (AvgIpc) is 3.07. The number of nitrogens with two attached hydrogens (primary N) is 1. The monoisotopic (exact) mass is 275 g/mol. The summed E-state index contributed by atoms with van der Waals surface area (Å²) in [6.45, 7) is 1.86. The Balaban J connectivity index is 1.97. The summed E-state index contributed by atoms with van der Waals surface area (Å²) in [4.78, 5) is 2.13. The number of nitriles is 1. The molecule has 1 aromatic heterocycles. The normalized spacial score (nSPS) is 26.7. The molecule has 108 valence electrons. The number of anilines is 2. The van der Waals surface area contributed by atoms with Gasteiger partial charge in [-0.25, -0.2) is 4.68 Å². The molecule has 0 radical (unpaired) electrons. The highest BCUT2D eigenvalue weighted by Gasteiger charge is 2.31. The fourth-order valence-corrected chi connectivity index (χ4v) is 3.32. The van der Waals surface area contributed by atoms with E-state index in [1.165, 1.54) is 0 Å². The second kappa shape index (κ2) is 5.33. The van der Waals surface area contributed by atoms with Gasteiger partial charge in [0.1, 0.15) is 17.5 Å². The van der Waals surface area contributed by atoms with E-state index < -0.39 is 6.10 Å². The fraction of sp³-hybridized carbons (Fsp3) is 0.714. The summed E-state index contributed by atoms with van der Waals surface area (Å²) < 4.78 is 1.69. The van der Waals surface area contributed by atoms with E-state index >= 15 is 0 Å². The molecule has 3 rings (SSSR count). The highest BCUT2D eigenvalue weighted by atomic mass is 16.3. The number of rotatable bonds is 2. The highest BCUT2D eigenvalue weighted by Crippen LogP contribution is 2.34. The van der Waals surface area contributed by atoms with Crippen molar-refractivity contribution in [3.63, 3.8) is 0 Å². The summed E-state index contributed by atoms with van der Waals surface area (Å²) in [5.74, 6) is 1.10. The number of nitrogen functional groups attached to an aromatic ring is 1. The zero-order valence-corrected chi connectivity index (χ0v) is 11.6. The molecule has 0 bridgehead atoms. The van der Waals surface area contributed by atoms with Gasteiger partial charge >= 0.3 is 0 Å². The molecule has 1 aromatic rings. The van der Waals surface area contributed by atoms with E-state index in [2.05, 4.69) is 16.1 Å². The molecule has 0 aromatic carbocycles. The van der Waals surface area contributed by atoms with E-state index in [-0.39, 0.29) is 6.04 Å². The molecule has 0 amide bonds. The van der Waals surface area contributed by atoms with Gasteiger partial charge in [-0.15, -0.1) is 0 Å². The second-order valence-electron chi connectivity index (χ2n) is 5.75. The van der Waals surface area contributed by atoms with Crippen LogP contribution in [0.1, 0.15) is 50.1 Å². The third kappa shape index (κ3) is 2.12. The molecular formula is C14H21N5O. The van der Waals surface area contributed by atoms with Crippen molar-refractivity contribution in [2.24, 2.45) is 0 Å². The van der Waals surface area contributed by atoms with Crippen molar-refractivity contribution in [1.82, 2.24) is 9.78 Å². The molecule has 0 spiro atoms. The number of aliphatic hydroxyl groups is 1. The van der Waals surface area contributed by atoms with E-state index in [0.29, 0.717) is 17.2 Å². The van der Waals surface area contributed by atoms with Crippen LogP contribution in [-0.4, -0.2) is 34.1 Å². The van der Waals surface area contributed by atoms with E-state index in [0.717, 1.165) is 51.6 Å². The molecule has 1 saturated carbocycles. The van der Waals surface area contributed by atoms with Crippen molar-refractivity contribution in [2.75, 3.05) is 23.7 Å². The van der Waals surface area contributed by atoms with Gasteiger partial charge in [0.25, 0.3) is 0 Å². The van der Waals surface area contributed by atoms with E-state index in [9.17, 15) is 10.4 Å². The van der Waals surface area contributed by atoms with Crippen LogP contribution in [0.2, 0.25) is 0 Å². The van der Waals surface area contributed by atoms with Gasteiger partial charge in [-0.3, -0.25) is 0 Å². The number of hydrogen-bond acceptors (Lipinski definition) is 5. The van der Waals surface area contributed by atoms with E-state index in [1.807, 2.05) is 0 Å². The molecule has 20 heavy (non-hydrogen) atoms. The number of aliphatic hydroxyl groups excluding tert-OH is 1. The van der Waals surface area contributed by atoms with Crippen molar-refractivity contribution in [2.45, 2.75) is 50.7 Å². The van der Waals surface area contributed by atoms with Crippen LogP contribution in [-0.2, 0) is 0 Å². The lowest BCUT2D eigenvalue weighted by molar-refractivity contribution is 0.0706. The molecule has 2 heterocycles. The maximum absolute atomic E-state index is 10.2. The first-order chi connectivity index (χ1) is 9.72. The average molecular weight is 275 g/mol. The lowest BCUT2D eigenvalue weighted by Crippen LogP contribution is -2.29. The molecule has 6 heteroatoms. The lowest BCUT2D eigenvalue weighted by atomic mass is 9.93. The van der Waals surface area contributed by atoms with E-state index in [4.69, 9.17) is 5.73 Å². The van der Waals surface area contributed by atoms with Gasteiger partial charge in [-0.1, -0.05) is 12.8 Å². The summed E-state index contributed by atoms with van der Waals surface area (Å²) in [5, 5.41) is 24.1. The molecular weight excluding hydrogens is 254 g/mol. The molecule has 1 aliphatic carbocycles. The molecule has 2 atom stereocenters. The highest BCUT2D eigenvalue weighted by molar-refractivity contribution is 5.65. The summed E-state index contributed by atoms with van der Waals surface area (Å²) in [6.07, 6.45) is 5.62. The Morgan fingerprint density at radius 2 is 1.90 bits per heavy atom. The standard InChI is InChI=1S/C14H21N5O/c15-9-10-13(16)19(11-5-1-2-6-12(11)20)17-14(10)18-7-3-4-8-18/h11-12,20H,1-8,16H2. The first-order valence-corrected chi connectivity index (χ1v) is 7.43. The lowest BCUT2D eigenvalue weighted by Gasteiger charge is -2.28. The van der Waals surface area contributed by atoms with Gasteiger partial charge in [0.15, 0.2) is 5.82 Å². The predicted molar refractivity (Wildman–Crippen MR) is 76.3 cm³/mol. The summed E-state index contributed by atoms with van der Waals surface area (Å²) in [6, 6.07) is 2.09. The zero-order chi connectivity index (χ0) is 14.1. The van der Waals surface area contributed by atoms with Gasteiger partial charge in [-0.05, 0) is 25.7 Å². The largest absolute Gasteiger partial charge is 0.391 e. The maximum atomic E-state index is 10.2. The molecule has 1 aliphatic heterocycles. The minimum absolute atomic E-state index is 0.0906. The third-order valence-corrected chi connectivity index (χ3v) is 4.45. The first kappa shape index (κ1) is 13.3. The van der Waals surface area contributed by atoms with Gasteiger partial charge in [-0.2, -0.15) is 10.4 Å². The molecule has 3 N–H and O–H groups in total. The predicted octanol–water partition coefficient (Wildman–Crippen LogP) is 1.41.